The fraction of sp³-hybridized carbons (Fsp3) is 0.667. The SMILES string of the molecule is CC(C)(C)c1cc2nc([C@@H]3CCCN(C(=O)[C@H]4CCCO4)C3)cc(C(F)(F)F)n2n1. The monoisotopic (exact) mass is 424 g/mol. The molecule has 164 valence electrons. The van der Waals surface area contributed by atoms with Gasteiger partial charge in [-0.25, -0.2) is 9.50 Å². The summed E-state index contributed by atoms with van der Waals surface area (Å²) in [4.78, 5) is 19.0. The van der Waals surface area contributed by atoms with Crippen molar-refractivity contribution in [1.82, 2.24) is 19.5 Å². The van der Waals surface area contributed by atoms with Crippen LogP contribution < -0.4 is 0 Å². The summed E-state index contributed by atoms with van der Waals surface area (Å²) in [5.74, 6) is -0.308. The first-order valence-electron chi connectivity index (χ1n) is 10.4. The number of rotatable bonds is 2. The number of nitrogens with zero attached hydrogens (tertiary/aromatic N) is 4. The zero-order valence-electron chi connectivity index (χ0n) is 17.5. The van der Waals surface area contributed by atoms with E-state index in [1.54, 1.807) is 11.0 Å². The number of aromatic nitrogens is 3. The molecule has 4 heterocycles. The van der Waals surface area contributed by atoms with Crippen LogP contribution in [0.4, 0.5) is 13.2 Å². The van der Waals surface area contributed by atoms with Crippen LogP contribution in [0.25, 0.3) is 5.65 Å². The number of carbonyl (C=O) groups is 1. The van der Waals surface area contributed by atoms with E-state index in [2.05, 4.69) is 10.1 Å². The number of alkyl halides is 3. The summed E-state index contributed by atoms with van der Waals surface area (Å²) in [7, 11) is 0. The first kappa shape index (κ1) is 21.1. The van der Waals surface area contributed by atoms with E-state index in [1.807, 2.05) is 20.8 Å². The molecule has 0 bridgehead atoms. The third kappa shape index (κ3) is 4.04. The minimum Gasteiger partial charge on any atom is -0.368 e. The molecular weight excluding hydrogens is 397 g/mol. The maximum atomic E-state index is 13.8. The summed E-state index contributed by atoms with van der Waals surface area (Å²) in [5, 5.41) is 4.19. The minimum atomic E-state index is -4.56. The zero-order valence-corrected chi connectivity index (χ0v) is 17.5. The van der Waals surface area contributed by atoms with Gasteiger partial charge in [-0.15, -0.1) is 0 Å². The van der Waals surface area contributed by atoms with E-state index in [0.717, 1.165) is 23.4 Å². The molecule has 2 aromatic heterocycles. The van der Waals surface area contributed by atoms with Gasteiger partial charge in [0.1, 0.15) is 11.8 Å². The molecule has 2 aliphatic rings. The third-order valence-corrected chi connectivity index (χ3v) is 5.86. The van der Waals surface area contributed by atoms with Gasteiger partial charge in [-0.2, -0.15) is 18.3 Å². The summed E-state index contributed by atoms with van der Waals surface area (Å²) in [6.45, 7) is 7.25. The second kappa shape index (κ2) is 7.51. The van der Waals surface area contributed by atoms with E-state index >= 15 is 0 Å². The van der Waals surface area contributed by atoms with Gasteiger partial charge in [0.05, 0.1) is 5.69 Å². The molecule has 2 aromatic rings. The maximum absolute atomic E-state index is 13.8. The van der Waals surface area contributed by atoms with Crippen LogP contribution in [0, 0.1) is 0 Å². The lowest BCUT2D eigenvalue weighted by atomic mass is 9.92. The molecule has 30 heavy (non-hydrogen) atoms. The van der Waals surface area contributed by atoms with Crippen molar-refractivity contribution < 1.29 is 22.7 Å². The van der Waals surface area contributed by atoms with Gasteiger partial charge in [0.2, 0.25) is 0 Å². The third-order valence-electron chi connectivity index (χ3n) is 5.86. The normalized spacial score (nSPS) is 23.3. The van der Waals surface area contributed by atoms with Crippen molar-refractivity contribution in [1.29, 1.82) is 0 Å². The van der Waals surface area contributed by atoms with Gasteiger partial charge >= 0.3 is 6.18 Å². The molecule has 9 heteroatoms. The molecule has 0 radical (unpaired) electrons. The molecule has 2 aliphatic heterocycles. The topological polar surface area (TPSA) is 59.7 Å². The van der Waals surface area contributed by atoms with Gasteiger partial charge in [-0.1, -0.05) is 20.8 Å². The Morgan fingerprint density at radius 1 is 1.17 bits per heavy atom. The molecule has 2 fully saturated rings. The highest BCUT2D eigenvalue weighted by Gasteiger charge is 2.38. The smallest absolute Gasteiger partial charge is 0.368 e. The summed E-state index contributed by atoms with van der Waals surface area (Å²) < 4.78 is 47.8. The number of halogens is 3. The Bertz CT molecular complexity index is 942. The highest BCUT2D eigenvalue weighted by molar-refractivity contribution is 5.81. The van der Waals surface area contributed by atoms with Gasteiger partial charge in [-0.3, -0.25) is 4.79 Å². The first-order valence-corrected chi connectivity index (χ1v) is 10.4. The minimum absolute atomic E-state index is 0.0614. The van der Waals surface area contributed by atoms with Crippen molar-refractivity contribution in [2.24, 2.45) is 0 Å². The van der Waals surface area contributed by atoms with Gasteiger partial charge in [0.15, 0.2) is 5.65 Å². The Morgan fingerprint density at radius 2 is 1.93 bits per heavy atom. The molecule has 0 aliphatic carbocycles. The molecule has 0 spiro atoms. The molecular formula is C21H27F3N4O2. The lowest BCUT2D eigenvalue weighted by Gasteiger charge is -2.34. The largest absolute Gasteiger partial charge is 0.433 e. The van der Waals surface area contributed by atoms with Crippen LogP contribution in [0.5, 0.6) is 0 Å². The fourth-order valence-corrected chi connectivity index (χ4v) is 4.17. The molecule has 6 nitrogen and oxygen atoms in total. The molecule has 0 N–H and O–H groups in total. The van der Waals surface area contributed by atoms with Crippen LogP contribution in [-0.2, 0) is 21.1 Å². The van der Waals surface area contributed by atoms with Crippen LogP contribution in [0.1, 0.15) is 69.5 Å². The van der Waals surface area contributed by atoms with E-state index in [0.29, 0.717) is 43.9 Å². The Hall–Kier alpha value is -2.16. The molecule has 1 amide bonds. The van der Waals surface area contributed by atoms with E-state index in [9.17, 15) is 18.0 Å². The lowest BCUT2D eigenvalue weighted by Crippen LogP contribution is -2.44. The summed E-state index contributed by atoms with van der Waals surface area (Å²) in [6, 6.07) is 2.72. The molecule has 2 atom stereocenters. The van der Waals surface area contributed by atoms with E-state index in [1.165, 1.54) is 0 Å². The van der Waals surface area contributed by atoms with Crippen LogP contribution in [0.2, 0.25) is 0 Å². The van der Waals surface area contributed by atoms with Crippen molar-refractivity contribution in [2.45, 2.75) is 70.1 Å². The first-order chi connectivity index (χ1) is 14.0. The maximum Gasteiger partial charge on any atom is 0.433 e. The Balaban J connectivity index is 1.68. The Kier molecular flexibility index (Phi) is 5.28. The molecule has 0 saturated carbocycles. The van der Waals surface area contributed by atoms with E-state index < -0.39 is 23.4 Å². The highest BCUT2D eigenvalue weighted by Crippen LogP contribution is 2.35. The van der Waals surface area contributed by atoms with Gasteiger partial charge in [-0.05, 0) is 31.7 Å². The number of likely N-dealkylation sites (tertiary alicyclic amines) is 1. The fourth-order valence-electron chi connectivity index (χ4n) is 4.17. The summed E-state index contributed by atoms with van der Waals surface area (Å²) in [6.07, 6.45) is -2.00. The standard InChI is InChI=1S/C21H27F3N4O2/c1-20(2,3)16-11-18-25-14(10-17(21(22,23)24)28(18)26-16)13-6-4-8-27(12-13)19(29)15-7-5-9-30-15/h10-11,13,15H,4-9,12H2,1-3H3/t13-,15-/m1/s1. The summed E-state index contributed by atoms with van der Waals surface area (Å²) >= 11 is 0. The number of hydrogen-bond acceptors (Lipinski definition) is 4. The average Bonchev–Trinajstić information content (AvgIpc) is 3.35. The Morgan fingerprint density at radius 3 is 2.57 bits per heavy atom. The van der Waals surface area contributed by atoms with Crippen LogP contribution in [-0.4, -0.2) is 51.2 Å². The number of ether oxygens (including phenoxy) is 1. The van der Waals surface area contributed by atoms with Crippen LogP contribution in [0.3, 0.4) is 0 Å². The highest BCUT2D eigenvalue weighted by atomic mass is 19.4. The van der Waals surface area contributed by atoms with Crippen molar-refractivity contribution in [3.05, 3.63) is 29.2 Å². The number of piperidine rings is 1. The Labute approximate surface area is 173 Å². The summed E-state index contributed by atoms with van der Waals surface area (Å²) in [5.41, 5.74) is -0.129. The number of hydrogen-bond donors (Lipinski definition) is 0. The van der Waals surface area contributed by atoms with Gasteiger partial charge in [0.25, 0.3) is 5.91 Å². The number of amides is 1. The van der Waals surface area contributed by atoms with Crippen molar-refractivity contribution in [3.63, 3.8) is 0 Å². The molecule has 0 unspecified atom stereocenters. The predicted molar refractivity (Wildman–Crippen MR) is 104 cm³/mol. The second-order valence-electron chi connectivity index (χ2n) is 9.24. The second-order valence-corrected chi connectivity index (χ2v) is 9.24. The average molecular weight is 424 g/mol. The van der Waals surface area contributed by atoms with Crippen LogP contribution in [0.15, 0.2) is 12.1 Å². The number of fused-ring (bicyclic) bond motifs is 1. The predicted octanol–water partition coefficient (Wildman–Crippen LogP) is 3.93. The zero-order chi connectivity index (χ0) is 21.7. The molecule has 0 aromatic carbocycles. The molecule has 2 saturated heterocycles. The van der Waals surface area contributed by atoms with E-state index in [-0.39, 0.29) is 17.5 Å². The van der Waals surface area contributed by atoms with Gasteiger partial charge < -0.3 is 9.64 Å². The lowest BCUT2D eigenvalue weighted by molar-refractivity contribution is -0.143. The van der Waals surface area contributed by atoms with Crippen molar-refractivity contribution >= 4 is 11.6 Å². The van der Waals surface area contributed by atoms with Gasteiger partial charge in [0, 0.05) is 42.8 Å². The quantitative estimate of drug-likeness (QED) is 0.733. The van der Waals surface area contributed by atoms with E-state index in [4.69, 9.17) is 4.74 Å². The van der Waals surface area contributed by atoms with Crippen molar-refractivity contribution in [3.8, 4) is 0 Å². The number of carbonyl (C=O) groups excluding carboxylic acids is 1. The van der Waals surface area contributed by atoms with Crippen molar-refractivity contribution in [2.75, 3.05) is 19.7 Å². The molecule has 4 rings (SSSR count). The van der Waals surface area contributed by atoms with Crippen LogP contribution >= 0.6 is 0 Å².